The zero-order valence-electron chi connectivity index (χ0n) is 12.6. The fourth-order valence-electron chi connectivity index (χ4n) is 2.13. The molecule has 1 aromatic carbocycles. The summed E-state index contributed by atoms with van der Waals surface area (Å²) < 4.78 is 21.3. The molecule has 0 saturated heterocycles. The lowest BCUT2D eigenvalue weighted by molar-refractivity contribution is 0.291. The molecule has 0 amide bonds. The summed E-state index contributed by atoms with van der Waals surface area (Å²) in [5, 5.41) is 3.27. The molecule has 1 heterocycles. The van der Waals surface area contributed by atoms with Crippen LogP contribution in [0, 0.1) is 5.82 Å². The molecule has 5 heteroatoms. The lowest BCUT2D eigenvalue weighted by atomic mass is 10.2. The average Bonchev–Trinajstić information content (AvgIpc) is 2.94. The van der Waals surface area contributed by atoms with Crippen LogP contribution in [-0.4, -0.2) is 16.1 Å². The SMILES string of the molecule is CCCNCc1cc(F)ccc1OCc1cncn1CC. The lowest BCUT2D eigenvalue weighted by Crippen LogP contribution is -2.15. The molecule has 0 spiro atoms. The second-order valence-electron chi connectivity index (χ2n) is 4.89. The third kappa shape index (κ3) is 4.29. The Bertz CT molecular complexity index is 568. The number of hydrogen-bond acceptors (Lipinski definition) is 3. The van der Waals surface area contributed by atoms with Gasteiger partial charge < -0.3 is 14.6 Å². The van der Waals surface area contributed by atoms with Crippen LogP contribution in [0.25, 0.3) is 0 Å². The number of aryl methyl sites for hydroxylation is 1. The van der Waals surface area contributed by atoms with E-state index >= 15 is 0 Å². The Morgan fingerprint density at radius 3 is 2.95 bits per heavy atom. The van der Waals surface area contributed by atoms with Crippen molar-refractivity contribution in [2.24, 2.45) is 0 Å². The molecule has 1 aromatic heterocycles. The van der Waals surface area contributed by atoms with E-state index in [1.165, 1.54) is 12.1 Å². The van der Waals surface area contributed by atoms with E-state index in [1.54, 1.807) is 18.6 Å². The maximum Gasteiger partial charge on any atom is 0.130 e. The molecular formula is C16H22FN3O. The molecular weight excluding hydrogens is 269 g/mol. The highest BCUT2D eigenvalue weighted by Gasteiger charge is 2.07. The van der Waals surface area contributed by atoms with Crippen LogP contribution in [0.1, 0.15) is 31.5 Å². The maximum absolute atomic E-state index is 13.4. The summed E-state index contributed by atoms with van der Waals surface area (Å²) in [5.41, 5.74) is 1.85. The van der Waals surface area contributed by atoms with Crippen LogP contribution in [0.3, 0.4) is 0 Å². The van der Waals surface area contributed by atoms with Crippen LogP contribution in [0.5, 0.6) is 5.75 Å². The van der Waals surface area contributed by atoms with Gasteiger partial charge in [-0.25, -0.2) is 9.37 Å². The Morgan fingerprint density at radius 1 is 1.33 bits per heavy atom. The van der Waals surface area contributed by atoms with E-state index in [9.17, 15) is 4.39 Å². The molecule has 0 aliphatic heterocycles. The van der Waals surface area contributed by atoms with Gasteiger partial charge in [-0.1, -0.05) is 6.92 Å². The Kier molecular flexibility index (Phi) is 5.75. The molecule has 4 nitrogen and oxygen atoms in total. The summed E-state index contributed by atoms with van der Waals surface area (Å²) in [7, 11) is 0. The predicted octanol–water partition coefficient (Wildman–Crippen LogP) is 3.12. The van der Waals surface area contributed by atoms with Gasteiger partial charge in [0.2, 0.25) is 0 Å². The molecule has 0 fully saturated rings. The van der Waals surface area contributed by atoms with Crippen LogP contribution in [0.15, 0.2) is 30.7 Å². The van der Waals surface area contributed by atoms with Crippen LogP contribution in [0.4, 0.5) is 4.39 Å². The van der Waals surface area contributed by atoms with Crippen molar-refractivity contribution in [1.82, 2.24) is 14.9 Å². The minimum absolute atomic E-state index is 0.241. The third-order valence-electron chi connectivity index (χ3n) is 3.28. The second-order valence-corrected chi connectivity index (χ2v) is 4.89. The number of rotatable bonds is 8. The van der Waals surface area contributed by atoms with Crippen LogP contribution in [0.2, 0.25) is 0 Å². The van der Waals surface area contributed by atoms with Crippen LogP contribution >= 0.6 is 0 Å². The van der Waals surface area contributed by atoms with E-state index in [0.29, 0.717) is 18.9 Å². The molecule has 0 aliphatic rings. The number of nitrogens with one attached hydrogen (secondary N) is 1. The Labute approximate surface area is 125 Å². The van der Waals surface area contributed by atoms with Crippen molar-refractivity contribution in [2.45, 2.75) is 40.0 Å². The third-order valence-corrected chi connectivity index (χ3v) is 3.28. The Balaban J connectivity index is 2.04. The first kappa shape index (κ1) is 15.5. The van der Waals surface area contributed by atoms with Gasteiger partial charge in [0.1, 0.15) is 18.2 Å². The van der Waals surface area contributed by atoms with Gasteiger partial charge in [0.15, 0.2) is 0 Å². The molecule has 2 rings (SSSR count). The van der Waals surface area contributed by atoms with Gasteiger partial charge in [0, 0.05) is 18.7 Å². The summed E-state index contributed by atoms with van der Waals surface area (Å²) in [5.74, 6) is 0.470. The van der Waals surface area contributed by atoms with E-state index in [2.05, 4.69) is 24.1 Å². The monoisotopic (exact) mass is 291 g/mol. The minimum atomic E-state index is -0.241. The summed E-state index contributed by atoms with van der Waals surface area (Å²) in [6.07, 6.45) is 4.62. The quantitative estimate of drug-likeness (QED) is 0.760. The van der Waals surface area contributed by atoms with Gasteiger partial charge >= 0.3 is 0 Å². The Morgan fingerprint density at radius 2 is 2.19 bits per heavy atom. The first-order valence-electron chi connectivity index (χ1n) is 7.35. The van der Waals surface area contributed by atoms with Crippen molar-refractivity contribution in [1.29, 1.82) is 0 Å². The maximum atomic E-state index is 13.4. The lowest BCUT2D eigenvalue weighted by Gasteiger charge is -2.13. The van der Waals surface area contributed by atoms with Crippen molar-refractivity contribution in [3.63, 3.8) is 0 Å². The van der Waals surface area contributed by atoms with Crippen molar-refractivity contribution in [3.8, 4) is 5.75 Å². The molecule has 0 bridgehead atoms. The topological polar surface area (TPSA) is 39.1 Å². The van der Waals surface area contributed by atoms with E-state index in [-0.39, 0.29) is 5.82 Å². The zero-order chi connectivity index (χ0) is 15.1. The summed E-state index contributed by atoms with van der Waals surface area (Å²) >= 11 is 0. The van der Waals surface area contributed by atoms with Crippen molar-refractivity contribution >= 4 is 0 Å². The van der Waals surface area contributed by atoms with E-state index in [4.69, 9.17) is 4.74 Å². The second kappa shape index (κ2) is 7.78. The first-order valence-corrected chi connectivity index (χ1v) is 7.35. The van der Waals surface area contributed by atoms with Gasteiger partial charge in [0.05, 0.1) is 18.2 Å². The average molecular weight is 291 g/mol. The number of halogens is 1. The number of imidazole rings is 1. The molecule has 0 aliphatic carbocycles. The fraction of sp³-hybridized carbons (Fsp3) is 0.438. The van der Waals surface area contributed by atoms with Crippen LogP contribution < -0.4 is 10.1 Å². The summed E-state index contributed by atoms with van der Waals surface area (Å²) in [6, 6.07) is 4.63. The first-order chi connectivity index (χ1) is 10.2. The normalized spacial score (nSPS) is 10.8. The van der Waals surface area contributed by atoms with E-state index in [1.807, 2.05) is 4.57 Å². The highest BCUT2D eigenvalue weighted by atomic mass is 19.1. The fourth-order valence-corrected chi connectivity index (χ4v) is 2.13. The van der Waals surface area contributed by atoms with E-state index in [0.717, 1.165) is 30.8 Å². The summed E-state index contributed by atoms with van der Waals surface area (Å²) in [6.45, 7) is 6.95. The number of benzene rings is 1. The standard InChI is InChI=1S/C16H22FN3O/c1-3-7-18-9-13-8-14(17)5-6-16(13)21-11-15-10-19-12-20(15)4-2/h5-6,8,10,12,18H,3-4,7,9,11H2,1-2H3. The Hall–Kier alpha value is -1.88. The number of nitrogens with zero attached hydrogens (tertiary/aromatic N) is 2. The van der Waals surface area contributed by atoms with Crippen molar-refractivity contribution < 1.29 is 9.13 Å². The number of ether oxygens (including phenoxy) is 1. The molecule has 114 valence electrons. The molecule has 0 saturated carbocycles. The molecule has 0 unspecified atom stereocenters. The van der Waals surface area contributed by atoms with E-state index < -0.39 is 0 Å². The highest BCUT2D eigenvalue weighted by molar-refractivity contribution is 5.34. The zero-order valence-corrected chi connectivity index (χ0v) is 12.6. The molecule has 0 radical (unpaired) electrons. The van der Waals surface area contributed by atoms with Crippen molar-refractivity contribution in [3.05, 3.63) is 47.8 Å². The van der Waals surface area contributed by atoms with Crippen LogP contribution in [-0.2, 0) is 19.7 Å². The minimum Gasteiger partial charge on any atom is -0.487 e. The van der Waals surface area contributed by atoms with Gasteiger partial charge in [-0.3, -0.25) is 0 Å². The smallest absolute Gasteiger partial charge is 0.130 e. The van der Waals surface area contributed by atoms with Crippen molar-refractivity contribution in [2.75, 3.05) is 6.54 Å². The van der Waals surface area contributed by atoms with Gasteiger partial charge in [0.25, 0.3) is 0 Å². The van der Waals surface area contributed by atoms with Gasteiger partial charge in [-0.05, 0) is 38.1 Å². The molecule has 2 aromatic rings. The van der Waals surface area contributed by atoms with Gasteiger partial charge in [-0.2, -0.15) is 0 Å². The molecule has 0 atom stereocenters. The predicted molar refractivity (Wildman–Crippen MR) is 80.6 cm³/mol. The number of aromatic nitrogens is 2. The largest absolute Gasteiger partial charge is 0.487 e. The molecule has 1 N–H and O–H groups in total. The number of hydrogen-bond donors (Lipinski definition) is 1. The summed E-state index contributed by atoms with van der Waals surface area (Å²) in [4.78, 5) is 4.11. The molecule has 21 heavy (non-hydrogen) atoms. The highest BCUT2D eigenvalue weighted by Crippen LogP contribution is 2.21. The van der Waals surface area contributed by atoms with Gasteiger partial charge in [-0.15, -0.1) is 0 Å².